The molecular formula is C10H19NS. The highest BCUT2D eigenvalue weighted by Crippen LogP contribution is 2.49. The lowest BCUT2D eigenvalue weighted by Gasteiger charge is -2.20. The van der Waals surface area contributed by atoms with Gasteiger partial charge in [-0.1, -0.05) is 6.42 Å². The first-order valence-electron chi connectivity index (χ1n) is 5.18. The molecule has 1 nitrogen and oxygen atoms in total. The zero-order valence-electron chi connectivity index (χ0n) is 7.67. The summed E-state index contributed by atoms with van der Waals surface area (Å²) in [6.45, 7) is 0.853. The average molecular weight is 185 g/mol. The zero-order chi connectivity index (χ0) is 8.39. The average Bonchev–Trinajstić information content (AvgIpc) is 2.65. The van der Waals surface area contributed by atoms with Crippen LogP contribution in [0.4, 0.5) is 0 Å². The summed E-state index contributed by atoms with van der Waals surface area (Å²) >= 11 is 2.07. The summed E-state index contributed by atoms with van der Waals surface area (Å²) < 4.78 is 0. The van der Waals surface area contributed by atoms with E-state index in [-0.39, 0.29) is 0 Å². The van der Waals surface area contributed by atoms with Crippen LogP contribution in [0.15, 0.2) is 0 Å². The van der Waals surface area contributed by atoms with Gasteiger partial charge < -0.3 is 5.73 Å². The van der Waals surface area contributed by atoms with Gasteiger partial charge in [-0.15, -0.1) is 0 Å². The predicted molar refractivity (Wildman–Crippen MR) is 55.3 cm³/mol. The van der Waals surface area contributed by atoms with E-state index in [2.05, 4.69) is 11.8 Å². The summed E-state index contributed by atoms with van der Waals surface area (Å²) in [7, 11) is 0. The molecule has 2 bridgehead atoms. The predicted octanol–water partition coefficient (Wildman–Crippen LogP) is 2.11. The summed E-state index contributed by atoms with van der Waals surface area (Å²) in [6, 6.07) is 0. The fourth-order valence-electron chi connectivity index (χ4n) is 2.90. The molecule has 0 radical (unpaired) electrons. The van der Waals surface area contributed by atoms with Crippen LogP contribution in [0.25, 0.3) is 0 Å². The van der Waals surface area contributed by atoms with Crippen LogP contribution in [-0.2, 0) is 0 Å². The summed E-state index contributed by atoms with van der Waals surface area (Å²) in [4.78, 5) is 0. The first kappa shape index (κ1) is 8.89. The summed E-state index contributed by atoms with van der Waals surface area (Å²) in [5, 5.41) is 0. The van der Waals surface area contributed by atoms with E-state index >= 15 is 0 Å². The first-order chi connectivity index (χ1) is 5.90. The smallest absolute Gasteiger partial charge is 0.00559 e. The van der Waals surface area contributed by atoms with E-state index in [0.29, 0.717) is 0 Å². The van der Waals surface area contributed by atoms with Crippen LogP contribution in [-0.4, -0.2) is 18.1 Å². The Balaban J connectivity index is 1.69. The Morgan fingerprint density at radius 2 is 2.17 bits per heavy atom. The van der Waals surface area contributed by atoms with Crippen molar-refractivity contribution in [1.82, 2.24) is 0 Å². The summed E-state index contributed by atoms with van der Waals surface area (Å²) in [5.41, 5.74) is 5.47. The van der Waals surface area contributed by atoms with Crippen LogP contribution >= 0.6 is 11.8 Å². The maximum Gasteiger partial charge on any atom is 0.00559 e. The van der Waals surface area contributed by atoms with E-state index in [9.17, 15) is 0 Å². The van der Waals surface area contributed by atoms with Crippen LogP contribution in [0.3, 0.4) is 0 Å². The van der Waals surface area contributed by atoms with Gasteiger partial charge in [0.1, 0.15) is 0 Å². The van der Waals surface area contributed by atoms with Gasteiger partial charge in [-0.3, -0.25) is 0 Å². The van der Waals surface area contributed by atoms with Crippen LogP contribution in [0.5, 0.6) is 0 Å². The van der Waals surface area contributed by atoms with E-state index < -0.39 is 0 Å². The summed E-state index contributed by atoms with van der Waals surface area (Å²) in [6.07, 6.45) is 6.14. The second-order valence-electron chi connectivity index (χ2n) is 4.30. The molecule has 2 rings (SSSR count). The summed E-state index contributed by atoms with van der Waals surface area (Å²) in [5.74, 6) is 5.81. The quantitative estimate of drug-likeness (QED) is 0.679. The van der Waals surface area contributed by atoms with Gasteiger partial charge in [0.15, 0.2) is 0 Å². The van der Waals surface area contributed by atoms with E-state index in [0.717, 1.165) is 30.1 Å². The molecule has 2 N–H and O–H groups in total. The lowest BCUT2D eigenvalue weighted by atomic mass is 9.90. The van der Waals surface area contributed by atoms with Gasteiger partial charge in [0.2, 0.25) is 0 Å². The standard InChI is InChI=1S/C10H19NS/c11-3-4-12-7-10-6-8-1-2-9(10)5-8/h8-10H,1-7,11H2. The van der Waals surface area contributed by atoms with Gasteiger partial charge in [0.25, 0.3) is 0 Å². The third kappa shape index (κ3) is 1.80. The van der Waals surface area contributed by atoms with Gasteiger partial charge in [0, 0.05) is 12.3 Å². The number of nitrogens with two attached hydrogens (primary N) is 1. The Morgan fingerprint density at radius 1 is 1.25 bits per heavy atom. The maximum atomic E-state index is 5.47. The first-order valence-corrected chi connectivity index (χ1v) is 6.33. The molecule has 0 aromatic rings. The number of hydrogen-bond acceptors (Lipinski definition) is 2. The number of rotatable bonds is 4. The van der Waals surface area contributed by atoms with Crippen LogP contribution in [0.2, 0.25) is 0 Å². The molecule has 0 aromatic heterocycles. The number of hydrogen-bond donors (Lipinski definition) is 1. The van der Waals surface area contributed by atoms with Crippen molar-refractivity contribution < 1.29 is 0 Å². The molecule has 0 spiro atoms. The fourth-order valence-corrected chi connectivity index (χ4v) is 3.94. The van der Waals surface area contributed by atoms with Crippen molar-refractivity contribution in [2.45, 2.75) is 25.7 Å². The Hall–Kier alpha value is 0.310. The molecule has 2 fully saturated rings. The molecule has 2 aliphatic carbocycles. The number of thioether (sulfide) groups is 1. The van der Waals surface area contributed by atoms with Crippen LogP contribution in [0.1, 0.15) is 25.7 Å². The number of fused-ring (bicyclic) bond motifs is 2. The van der Waals surface area contributed by atoms with Gasteiger partial charge in [-0.25, -0.2) is 0 Å². The molecule has 70 valence electrons. The molecule has 2 heteroatoms. The maximum absolute atomic E-state index is 5.47. The van der Waals surface area contributed by atoms with Gasteiger partial charge >= 0.3 is 0 Å². The lowest BCUT2D eigenvalue weighted by molar-refractivity contribution is 0.365. The van der Waals surface area contributed by atoms with Crippen LogP contribution in [0, 0.1) is 17.8 Å². The second-order valence-corrected chi connectivity index (χ2v) is 5.45. The molecule has 3 unspecified atom stereocenters. The molecule has 12 heavy (non-hydrogen) atoms. The van der Waals surface area contributed by atoms with E-state index in [1.807, 2.05) is 0 Å². The normalized spacial score (nSPS) is 39.2. The minimum atomic E-state index is 0.853. The van der Waals surface area contributed by atoms with Crippen molar-refractivity contribution >= 4 is 11.8 Å². The second kappa shape index (κ2) is 4.01. The fraction of sp³-hybridized carbons (Fsp3) is 1.00. The minimum Gasteiger partial charge on any atom is -0.330 e. The molecule has 2 saturated carbocycles. The van der Waals surface area contributed by atoms with Crippen molar-refractivity contribution in [3.63, 3.8) is 0 Å². The third-order valence-corrected chi connectivity index (χ3v) is 4.67. The Morgan fingerprint density at radius 3 is 2.75 bits per heavy atom. The van der Waals surface area contributed by atoms with E-state index in [1.54, 1.807) is 6.42 Å². The van der Waals surface area contributed by atoms with Gasteiger partial charge in [0.05, 0.1) is 0 Å². The van der Waals surface area contributed by atoms with E-state index in [1.165, 1.54) is 25.0 Å². The Labute approximate surface area is 79.5 Å². The molecule has 0 aromatic carbocycles. The van der Waals surface area contributed by atoms with Gasteiger partial charge in [-0.2, -0.15) is 11.8 Å². The van der Waals surface area contributed by atoms with Crippen molar-refractivity contribution in [1.29, 1.82) is 0 Å². The highest BCUT2D eigenvalue weighted by molar-refractivity contribution is 7.99. The van der Waals surface area contributed by atoms with E-state index in [4.69, 9.17) is 5.73 Å². The Bertz CT molecular complexity index is 149. The lowest BCUT2D eigenvalue weighted by Crippen LogP contribution is -2.14. The third-order valence-electron chi connectivity index (χ3n) is 3.48. The highest BCUT2D eigenvalue weighted by atomic mass is 32.2. The highest BCUT2D eigenvalue weighted by Gasteiger charge is 2.38. The molecule has 2 aliphatic rings. The monoisotopic (exact) mass is 185 g/mol. The largest absolute Gasteiger partial charge is 0.330 e. The topological polar surface area (TPSA) is 26.0 Å². The minimum absolute atomic E-state index is 0.853. The van der Waals surface area contributed by atoms with Crippen molar-refractivity contribution in [3.8, 4) is 0 Å². The SMILES string of the molecule is NCCSCC1CC2CCC1C2. The van der Waals surface area contributed by atoms with Crippen molar-refractivity contribution in [3.05, 3.63) is 0 Å². The molecule has 3 atom stereocenters. The molecular weight excluding hydrogens is 166 g/mol. The van der Waals surface area contributed by atoms with Gasteiger partial charge in [-0.05, 0) is 42.8 Å². The molecule has 0 heterocycles. The molecule has 0 amide bonds. The molecule has 0 aliphatic heterocycles. The zero-order valence-corrected chi connectivity index (χ0v) is 8.48. The van der Waals surface area contributed by atoms with Crippen molar-refractivity contribution in [2.24, 2.45) is 23.5 Å². The Kier molecular flexibility index (Phi) is 2.97. The van der Waals surface area contributed by atoms with Crippen molar-refractivity contribution in [2.75, 3.05) is 18.1 Å². The molecule has 0 saturated heterocycles. The van der Waals surface area contributed by atoms with Crippen LogP contribution < -0.4 is 5.73 Å².